The van der Waals surface area contributed by atoms with Crippen molar-refractivity contribution in [2.75, 3.05) is 13.1 Å². The molecule has 0 spiro atoms. The molecule has 0 amide bonds. The summed E-state index contributed by atoms with van der Waals surface area (Å²) in [5.74, 6) is 1.78. The standard InChI is InChI=1S/C18H22ClN3O3S/c1-13-20-17(21-25-13)18(11-14-7-8-14)9-4-10-22(12-18)26(23,24)16-6-3-2-5-15(16)19/h2-3,5-6,14H,4,7-12H2,1H3. The van der Waals surface area contributed by atoms with Gasteiger partial charge in [0.05, 0.1) is 5.02 Å². The van der Waals surface area contributed by atoms with Gasteiger partial charge in [-0.3, -0.25) is 0 Å². The number of piperidine rings is 1. The minimum Gasteiger partial charge on any atom is -0.340 e. The number of sulfonamides is 1. The van der Waals surface area contributed by atoms with Crippen LogP contribution in [0.3, 0.4) is 0 Å². The van der Waals surface area contributed by atoms with Crippen LogP contribution in [0.1, 0.15) is 43.8 Å². The molecule has 1 aromatic heterocycles. The molecule has 4 rings (SSSR count). The van der Waals surface area contributed by atoms with Gasteiger partial charge in [-0.1, -0.05) is 41.7 Å². The lowest BCUT2D eigenvalue weighted by Crippen LogP contribution is -2.49. The third-order valence-electron chi connectivity index (χ3n) is 5.37. The Bertz CT molecular complexity index is 910. The Morgan fingerprint density at radius 3 is 2.77 bits per heavy atom. The van der Waals surface area contributed by atoms with Crippen molar-refractivity contribution in [2.24, 2.45) is 5.92 Å². The van der Waals surface area contributed by atoms with E-state index in [9.17, 15) is 8.42 Å². The van der Waals surface area contributed by atoms with E-state index in [1.807, 2.05) is 0 Å². The van der Waals surface area contributed by atoms with Crippen molar-refractivity contribution >= 4 is 21.6 Å². The lowest BCUT2D eigenvalue weighted by Gasteiger charge is -2.40. The molecule has 0 N–H and O–H groups in total. The molecule has 1 aliphatic heterocycles. The first kappa shape index (κ1) is 17.9. The molecule has 1 aliphatic carbocycles. The molecule has 26 heavy (non-hydrogen) atoms. The van der Waals surface area contributed by atoms with Crippen molar-refractivity contribution in [3.05, 3.63) is 41.0 Å². The van der Waals surface area contributed by atoms with Crippen LogP contribution in [0.5, 0.6) is 0 Å². The fraction of sp³-hybridized carbons (Fsp3) is 0.556. The number of halogens is 1. The Kier molecular flexibility index (Phi) is 4.57. The van der Waals surface area contributed by atoms with Gasteiger partial charge in [-0.25, -0.2) is 8.42 Å². The molecule has 2 aliphatic rings. The summed E-state index contributed by atoms with van der Waals surface area (Å²) >= 11 is 6.17. The molecule has 140 valence electrons. The van der Waals surface area contributed by atoms with Crippen LogP contribution in [0.2, 0.25) is 5.02 Å². The van der Waals surface area contributed by atoms with Crippen molar-refractivity contribution in [1.82, 2.24) is 14.4 Å². The first-order valence-corrected chi connectivity index (χ1v) is 10.8. The molecule has 2 fully saturated rings. The summed E-state index contributed by atoms with van der Waals surface area (Å²) in [6.07, 6.45) is 4.92. The van der Waals surface area contributed by atoms with Crippen LogP contribution >= 0.6 is 11.6 Å². The van der Waals surface area contributed by atoms with Crippen LogP contribution in [-0.4, -0.2) is 36.0 Å². The van der Waals surface area contributed by atoms with E-state index in [0.29, 0.717) is 30.7 Å². The van der Waals surface area contributed by atoms with Crippen LogP contribution < -0.4 is 0 Å². The van der Waals surface area contributed by atoms with Crippen molar-refractivity contribution < 1.29 is 12.9 Å². The van der Waals surface area contributed by atoms with Gasteiger partial charge >= 0.3 is 0 Å². The Morgan fingerprint density at radius 1 is 1.35 bits per heavy atom. The van der Waals surface area contributed by atoms with Gasteiger partial charge in [0, 0.05) is 25.4 Å². The number of benzene rings is 1. The zero-order valence-corrected chi connectivity index (χ0v) is 16.3. The highest BCUT2D eigenvalue weighted by Gasteiger charge is 2.47. The third-order valence-corrected chi connectivity index (χ3v) is 7.72. The third kappa shape index (κ3) is 3.28. The van der Waals surface area contributed by atoms with Gasteiger partial charge in [0.15, 0.2) is 5.82 Å². The average molecular weight is 396 g/mol. The Labute approximate surface area is 158 Å². The zero-order chi connectivity index (χ0) is 18.4. The maximum absolute atomic E-state index is 13.2. The van der Waals surface area contributed by atoms with Crippen LogP contribution in [0.15, 0.2) is 33.7 Å². The van der Waals surface area contributed by atoms with E-state index in [1.54, 1.807) is 35.5 Å². The fourth-order valence-corrected chi connectivity index (χ4v) is 5.98. The largest absolute Gasteiger partial charge is 0.340 e. The highest BCUT2D eigenvalue weighted by molar-refractivity contribution is 7.89. The second-order valence-electron chi connectivity index (χ2n) is 7.44. The first-order valence-electron chi connectivity index (χ1n) is 8.96. The van der Waals surface area contributed by atoms with Crippen molar-refractivity contribution in [1.29, 1.82) is 0 Å². The Hall–Kier alpha value is -1.44. The summed E-state index contributed by atoms with van der Waals surface area (Å²) in [6.45, 7) is 2.62. The minimum atomic E-state index is -3.67. The molecule has 2 heterocycles. The lowest BCUT2D eigenvalue weighted by atomic mass is 9.75. The normalized spacial score (nSPS) is 24.7. The Morgan fingerprint density at radius 2 is 2.12 bits per heavy atom. The van der Waals surface area contributed by atoms with Gasteiger partial charge in [0.1, 0.15) is 4.90 Å². The number of aromatic nitrogens is 2. The van der Waals surface area contributed by atoms with Gasteiger partial charge in [0.2, 0.25) is 15.9 Å². The van der Waals surface area contributed by atoms with E-state index < -0.39 is 10.0 Å². The monoisotopic (exact) mass is 395 g/mol. The Balaban J connectivity index is 1.69. The second kappa shape index (κ2) is 6.62. The molecular weight excluding hydrogens is 374 g/mol. The van der Waals surface area contributed by atoms with Crippen LogP contribution in [0.4, 0.5) is 0 Å². The van der Waals surface area contributed by atoms with Crippen molar-refractivity contribution in [3.8, 4) is 0 Å². The van der Waals surface area contributed by atoms with Crippen LogP contribution in [-0.2, 0) is 15.4 Å². The molecule has 8 heteroatoms. The molecule has 1 unspecified atom stereocenters. The SMILES string of the molecule is Cc1nc(C2(CC3CC3)CCCN(S(=O)(=O)c3ccccc3Cl)C2)no1. The van der Waals surface area contributed by atoms with E-state index >= 15 is 0 Å². The number of nitrogens with zero attached hydrogens (tertiary/aromatic N) is 3. The maximum Gasteiger partial charge on any atom is 0.244 e. The van der Waals surface area contributed by atoms with Crippen molar-refractivity contribution in [3.63, 3.8) is 0 Å². The van der Waals surface area contributed by atoms with Gasteiger partial charge in [-0.05, 0) is 37.3 Å². The summed E-state index contributed by atoms with van der Waals surface area (Å²) in [4.78, 5) is 4.63. The molecule has 1 atom stereocenters. The second-order valence-corrected chi connectivity index (χ2v) is 9.75. The summed E-state index contributed by atoms with van der Waals surface area (Å²) in [5.41, 5.74) is -0.383. The molecule has 0 radical (unpaired) electrons. The fourth-order valence-electron chi connectivity index (χ4n) is 3.92. The average Bonchev–Trinajstić information content (AvgIpc) is 3.31. The lowest BCUT2D eigenvalue weighted by molar-refractivity contribution is 0.190. The number of aryl methyl sites for hydroxylation is 1. The first-order chi connectivity index (χ1) is 12.4. The molecule has 1 saturated heterocycles. The van der Waals surface area contributed by atoms with Crippen LogP contribution in [0.25, 0.3) is 0 Å². The number of rotatable bonds is 5. The van der Waals surface area contributed by atoms with Crippen LogP contribution in [0, 0.1) is 12.8 Å². The van der Waals surface area contributed by atoms with E-state index in [-0.39, 0.29) is 15.3 Å². The smallest absolute Gasteiger partial charge is 0.244 e. The minimum absolute atomic E-state index is 0.160. The summed E-state index contributed by atoms with van der Waals surface area (Å²) in [6, 6.07) is 6.60. The molecular formula is C18H22ClN3O3S. The molecule has 6 nitrogen and oxygen atoms in total. The van der Waals surface area contributed by atoms with Gasteiger partial charge in [-0.2, -0.15) is 9.29 Å². The van der Waals surface area contributed by atoms with Gasteiger partial charge in [-0.15, -0.1) is 0 Å². The highest BCUT2D eigenvalue weighted by atomic mass is 35.5. The summed E-state index contributed by atoms with van der Waals surface area (Å²) < 4.78 is 33.2. The van der Waals surface area contributed by atoms with E-state index in [1.165, 1.54) is 12.8 Å². The molecule has 1 aromatic carbocycles. The predicted octanol–water partition coefficient (Wildman–Crippen LogP) is 3.55. The van der Waals surface area contributed by atoms with E-state index in [4.69, 9.17) is 16.1 Å². The predicted molar refractivity (Wildman–Crippen MR) is 97.5 cm³/mol. The maximum atomic E-state index is 13.2. The van der Waals surface area contributed by atoms with Gasteiger partial charge < -0.3 is 4.52 Å². The molecule has 0 bridgehead atoms. The highest BCUT2D eigenvalue weighted by Crippen LogP contribution is 2.46. The van der Waals surface area contributed by atoms with E-state index in [0.717, 1.165) is 19.3 Å². The number of hydrogen-bond acceptors (Lipinski definition) is 5. The molecule has 2 aromatic rings. The van der Waals surface area contributed by atoms with E-state index in [2.05, 4.69) is 10.1 Å². The molecule has 1 saturated carbocycles. The summed E-state index contributed by atoms with van der Waals surface area (Å²) in [5, 5.41) is 4.42. The zero-order valence-electron chi connectivity index (χ0n) is 14.7. The summed E-state index contributed by atoms with van der Waals surface area (Å²) in [7, 11) is -3.67. The van der Waals surface area contributed by atoms with Gasteiger partial charge in [0.25, 0.3) is 0 Å². The quantitative estimate of drug-likeness (QED) is 0.773. The topological polar surface area (TPSA) is 76.3 Å². The number of hydrogen-bond donors (Lipinski definition) is 0. The van der Waals surface area contributed by atoms with Crippen molar-refractivity contribution in [2.45, 2.75) is 49.3 Å².